The van der Waals surface area contributed by atoms with Crippen LogP contribution in [0.25, 0.3) is 0 Å². The molecule has 22 heavy (non-hydrogen) atoms. The number of rotatable bonds is 5. The summed E-state index contributed by atoms with van der Waals surface area (Å²) in [6.45, 7) is 2.13. The molecule has 124 valence electrons. The second-order valence-electron chi connectivity index (χ2n) is 5.06. The van der Waals surface area contributed by atoms with E-state index in [2.05, 4.69) is 22.0 Å². The molecular weight excluding hydrogens is 410 g/mol. The van der Waals surface area contributed by atoms with E-state index in [-0.39, 0.29) is 41.7 Å². The summed E-state index contributed by atoms with van der Waals surface area (Å²) in [5.74, 6) is 0.620. The first-order valence-corrected chi connectivity index (χ1v) is 6.83. The third-order valence-electron chi connectivity index (χ3n) is 3.21. The van der Waals surface area contributed by atoms with Crippen LogP contribution in [0.2, 0.25) is 0 Å². The number of halogens is 4. The number of nitrogens with zero attached hydrogens (tertiary/aromatic N) is 1. The van der Waals surface area contributed by atoms with Gasteiger partial charge in [0.15, 0.2) is 5.96 Å². The van der Waals surface area contributed by atoms with Crippen LogP contribution in [0.15, 0.2) is 29.3 Å². The molecule has 2 atom stereocenters. The van der Waals surface area contributed by atoms with E-state index < -0.39 is 6.36 Å². The number of benzene rings is 1. The summed E-state index contributed by atoms with van der Waals surface area (Å²) < 4.78 is 39.9. The minimum Gasteiger partial charge on any atom is -0.406 e. The van der Waals surface area contributed by atoms with Crippen LogP contribution in [0.3, 0.4) is 0 Å². The van der Waals surface area contributed by atoms with Crippen LogP contribution in [0, 0.1) is 5.92 Å². The van der Waals surface area contributed by atoms with Gasteiger partial charge in [0.2, 0.25) is 0 Å². The molecule has 0 bridgehead atoms. The molecular formula is C14H19F3IN3O. The topological polar surface area (TPSA) is 59.6 Å². The predicted octanol–water partition coefficient (Wildman–Crippen LogP) is 4.12. The SMILES string of the molecule is CCCC1CC1N=C(N)Nc1ccc(OC(F)(F)F)cc1.I. The van der Waals surface area contributed by atoms with Crippen molar-refractivity contribution in [2.45, 2.75) is 38.6 Å². The number of ether oxygens (including phenoxy) is 1. The third-order valence-corrected chi connectivity index (χ3v) is 3.21. The second kappa shape index (κ2) is 7.89. The summed E-state index contributed by atoms with van der Waals surface area (Å²) in [5.41, 5.74) is 6.34. The molecule has 4 nitrogen and oxygen atoms in total. The maximum atomic E-state index is 12.0. The molecule has 1 aromatic rings. The van der Waals surface area contributed by atoms with Crippen molar-refractivity contribution in [3.05, 3.63) is 24.3 Å². The summed E-state index contributed by atoms with van der Waals surface area (Å²) in [5, 5.41) is 2.86. The molecule has 1 fully saturated rings. The molecule has 0 radical (unpaired) electrons. The van der Waals surface area contributed by atoms with Crippen molar-refractivity contribution in [2.75, 3.05) is 5.32 Å². The number of anilines is 1. The van der Waals surface area contributed by atoms with Gasteiger partial charge in [-0.1, -0.05) is 13.3 Å². The minimum absolute atomic E-state index is 0. The van der Waals surface area contributed by atoms with Crippen molar-refractivity contribution in [3.63, 3.8) is 0 Å². The molecule has 1 aliphatic rings. The zero-order chi connectivity index (χ0) is 15.5. The van der Waals surface area contributed by atoms with Crippen LogP contribution in [-0.4, -0.2) is 18.4 Å². The fraction of sp³-hybridized carbons (Fsp3) is 0.500. The molecule has 0 spiro atoms. The molecule has 1 aliphatic carbocycles. The number of alkyl halides is 3. The maximum Gasteiger partial charge on any atom is 0.573 e. The molecule has 8 heteroatoms. The summed E-state index contributed by atoms with van der Waals surface area (Å²) in [6.07, 6.45) is -1.36. The highest BCUT2D eigenvalue weighted by Gasteiger charge is 2.36. The normalized spacial score (nSPS) is 21.0. The first kappa shape index (κ1) is 18.9. The van der Waals surface area contributed by atoms with E-state index in [0.29, 0.717) is 11.6 Å². The molecule has 0 heterocycles. The Balaban J connectivity index is 0.00000242. The van der Waals surface area contributed by atoms with Crippen molar-refractivity contribution in [2.24, 2.45) is 16.6 Å². The number of hydrogen-bond donors (Lipinski definition) is 2. The van der Waals surface area contributed by atoms with E-state index in [1.165, 1.54) is 24.3 Å². The Kier molecular flexibility index (Phi) is 6.76. The molecule has 3 N–H and O–H groups in total. The molecule has 0 aliphatic heterocycles. The van der Waals surface area contributed by atoms with Crippen molar-refractivity contribution in [1.82, 2.24) is 0 Å². The first-order chi connectivity index (χ1) is 9.87. The molecule has 1 saturated carbocycles. The average molecular weight is 429 g/mol. The Morgan fingerprint density at radius 2 is 2.00 bits per heavy atom. The summed E-state index contributed by atoms with van der Waals surface area (Å²) in [4.78, 5) is 4.34. The Morgan fingerprint density at radius 1 is 1.36 bits per heavy atom. The van der Waals surface area contributed by atoms with Gasteiger partial charge in [0.1, 0.15) is 5.75 Å². The predicted molar refractivity (Wildman–Crippen MR) is 90.6 cm³/mol. The molecule has 2 unspecified atom stereocenters. The maximum absolute atomic E-state index is 12.0. The largest absolute Gasteiger partial charge is 0.573 e. The van der Waals surface area contributed by atoms with Gasteiger partial charge in [0.05, 0.1) is 6.04 Å². The minimum atomic E-state index is -4.68. The zero-order valence-corrected chi connectivity index (χ0v) is 14.4. The molecule has 0 saturated heterocycles. The van der Waals surface area contributed by atoms with Gasteiger partial charge >= 0.3 is 6.36 Å². The van der Waals surface area contributed by atoms with Gasteiger partial charge in [-0.2, -0.15) is 0 Å². The standard InChI is InChI=1S/C14H18F3N3O.HI/c1-2-3-9-8-12(9)20-13(18)19-10-4-6-11(7-5-10)21-14(15,16)17;/h4-7,9,12H,2-3,8H2,1H3,(H3,18,19,20);1H. The average Bonchev–Trinajstić information content (AvgIpc) is 3.08. The number of nitrogens with one attached hydrogen (secondary N) is 1. The van der Waals surface area contributed by atoms with Gasteiger partial charge in [0, 0.05) is 5.69 Å². The Bertz CT molecular complexity index is 505. The van der Waals surface area contributed by atoms with Gasteiger partial charge in [-0.05, 0) is 43.0 Å². The Hall–Kier alpha value is -1.19. The number of guanidine groups is 1. The molecule has 0 aromatic heterocycles. The van der Waals surface area contributed by atoms with Crippen LogP contribution < -0.4 is 15.8 Å². The smallest absolute Gasteiger partial charge is 0.406 e. The van der Waals surface area contributed by atoms with Crippen LogP contribution >= 0.6 is 24.0 Å². The van der Waals surface area contributed by atoms with E-state index >= 15 is 0 Å². The second-order valence-corrected chi connectivity index (χ2v) is 5.06. The van der Waals surface area contributed by atoms with E-state index in [9.17, 15) is 13.2 Å². The van der Waals surface area contributed by atoms with Crippen molar-refractivity contribution < 1.29 is 17.9 Å². The van der Waals surface area contributed by atoms with Crippen LogP contribution in [0.1, 0.15) is 26.2 Å². The van der Waals surface area contributed by atoms with Crippen LogP contribution in [0.5, 0.6) is 5.75 Å². The van der Waals surface area contributed by atoms with Crippen molar-refractivity contribution >= 4 is 35.6 Å². The van der Waals surface area contributed by atoms with Gasteiger partial charge in [-0.25, -0.2) is 4.99 Å². The van der Waals surface area contributed by atoms with E-state index in [1.807, 2.05) is 0 Å². The van der Waals surface area contributed by atoms with Gasteiger partial charge in [-0.3, -0.25) is 0 Å². The van der Waals surface area contributed by atoms with Crippen molar-refractivity contribution in [1.29, 1.82) is 0 Å². The van der Waals surface area contributed by atoms with E-state index in [1.54, 1.807) is 0 Å². The Labute approximate surface area is 144 Å². The molecule has 1 aromatic carbocycles. The third kappa shape index (κ3) is 6.29. The highest BCUT2D eigenvalue weighted by atomic mass is 127. The highest BCUT2D eigenvalue weighted by molar-refractivity contribution is 14.0. The number of nitrogens with two attached hydrogens (primary N) is 1. The lowest BCUT2D eigenvalue weighted by Crippen LogP contribution is -2.23. The lowest BCUT2D eigenvalue weighted by molar-refractivity contribution is -0.274. The van der Waals surface area contributed by atoms with Crippen molar-refractivity contribution in [3.8, 4) is 5.75 Å². The van der Waals surface area contributed by atoms with Crippen LogP contribution in [0.4, 0.5) is 18.9 Å². The monoisotopic (exact) mass is 429 g/mol. The van der Waals surface area contributed by atoms with Gasteiger partial charge in [0.25, 0.3) is 0 Å². The fourth-order valence-corrected chi connectivity index (χ4v) is 2.17. The number of aliphatic imine (C=N–C) groups is 1. The zero-order valence-electron chi connectivity index (χ0n) is 12.1. The number of hydrogen-bond acceptors (Lipinski definition) is 2. The molecule has 2 rings (SSSR count). The quantitative estimate of drug-likeness (QED) is 0.421. The summed E-state index contributed by atoms with van der Waals surface area (Å²) >= 11 is 0. The fourth-order valence-electron chi connectivity index (χ4n) is 2.17. The van der Waals surface area contributed by atoms with E-state index in [4.69, 9.17) is 5.73 Å². The summed E-state index contributed by atoms with van der Waals surface area (Å²) in [7, 11) is 0. The summed E-state index contributed by atoms with van der Waals surface area (Å²) in [6, 6.07) is 5.63. The van der Waals surface area contributed by atoms with E-state index in [0.717, 1.165) is 19.3 Å². The lowest BCUT2D eigenvalue weighted by Gasteiger charge is -2.10. The molecule has 0 amide bonds. The lowest BCUT2D eigenvalue weighted by atomic mass is 10.2. The van der Waals surface area contributed by atoms with Crippen LogP contribution in [-0.2, 0) is 0 Å². The van der Waals surface area contributed by atoms with Gasteiger partial charge in [-0.15, -0.1) is 37.1 Å². The highest BCUT2D eigenvalue weighted by Crippen LogP contribution is 2.37. The first-order valence-electron chi connectivity index (χ1n) is 6.83. The van der Waals surface area contributed by atoms with Gasteiger partial charge < -0.3 is 15.8 Å². The Morgan fingerprint density at radius 3 is 2.55 bits per heavy atom.